The molecule has 2 aromatic rings. The molecule has 0 aliphatic heterocycles. The fourth-order valence-corrected chi connectivity index (χ4v) is 1.95. The molecule has 2 N–H and O–H groups in total. The molecular weight excluding hydrogens is 245 g/mol. The summed E-state index contributed by atoms with van der Waals surface area (Å²) in [5.74, 6) is 0.188. The molecule has 4 nitrogen and oxygen atoms in total. The molecule has 1 aliphatic rings. The van der Waals surface area contributed by atoms with Crippen LogP contribution in [0.15, 0.2) is 30.5 Å². The summed E-state index contributed by atoms with van der Waals surface area (Å²) in [7, 11) is 0. The van der Waals surface area contributed by atoms with Gasteiger partial charge in [0.1, 0.15) is 5.82 Å². The molecule has 0 unspecified atom stereocenters. The Morgan fingerprint density at radius 3 is 2.79 bits per heavy atom. The van der Waals surface area contributed by atoms with E-state index in [4.69, 9.17) is 0 Å². The summed E-state index contributed by atoms with van der Waals surface area (Å²) >= 11 is 0. The number of halogens is 1. The van der Waals surface area contributed by atoms with Crippen molar-refractivity contribution in [3.8, 4) is 11.3 Å². The van der Waals surface area contributed by atoms with E-state index in [0.29, 0.717) is 23.7 Å². The zero-order chi connectivity index (χ0) is 13.2. The van der Waals surface area contributed by atoms with Crippen molar-refractivity contribution < 1.29 is 9.18 Å². The van der Waals surface area contributed by atoms with Crippen molar-refractivity contribution in [2.75, 3.05) is 6.54 Å². The zero-order valence-electron chi connectivity index (χ0n) is 10.3. The van der Waals surface area contributed by atoms with Gasteiger partial charge in [0.15, 0.2) is 0 Å². The molecule has 0 atom stereocenters. The monoisotopic (exact) mass is 259 g/mol. The topological polar surface area (TPSA) is 57.8 Å². The van der Waals surface area contributed by atoms with Crippen molar-refractivity contribution >= 4 is 5.91 Å². The second-order valence-corrected chi connectivity index (χ2v) is 4.82. The van der Waals surface area contributed by atoms with Crippen molar-refractivity contribution in [2.45, 2.75) is 12.8 Å². The molecule has 1 saturated carbocycles. The lowest BCUT2D eigenvalue weighted by atomic mass is 10.1. The SMILES string of the molecule is O=C(NCC1CC1)c1cn[nH]c1-c1ccc(F)cc1. The van der Waals surface area contributed by atoms with Gasteiger partial charge in [-0.25, -0.2) is 4.39 Å². The Bertz CT molecular complexity index is 587. The van der Waals surface area contributed by atoms with Crippen LogP contribution in [0, 0.1) is 11.7 Å². The van der Waals surface area contributed by atoms with Gasteiger partial charge in [-0.15, -0.1) is 0 Å². The third-order valence-electron chi connectivity index (χ3n) is 3.27. The Morgan fingerprint density at radius 2 is 2.11 bits per heavy atom. The minimum Gasteiger partial charge on any atom is -0.352 e. The van der Waals surface area contributed by atoms with Crippen molar-refractivity contribution in [3.05, 3.63) is 41.8 Å². The summed E-state index contributed by atoms with van der Waals surface area (Å²) < 4.78 is 12.9. The Morgan fingerprint density at radius 1 is 1.37 bits per heavy atom. The first-order chi connectivity index (χ1) is 9.24. The van der Waals surface area contributed by atoms with Crippen LogP contribution in [0.2, 0.25) is 0 Å². The molecule has 0 bridgehead atoms. The van der Waals surface area contributed by atoms with Crippen LogP contribution in [0.3, 0.4) is 0 Å². The average Bonchev–Trinajstić information content (AvgIpc) is 3.12. The molecule has 0 spiro atoms. The second kappa shape index (κ2) is 4.84. The van der Waals surface area contributed by atoms with Gasteiger partial charge in [-0.2, -0.15) is 5.10 Å². The minimum absolute atomic E-state index is 0.139. The number of aromatic nitrogens is 2. The van der Waals surface area contributed by atoms with E-state index in [1.165, 1.54) is 31.2 Å². The third-order valence-corrected chi connectivity index (χ3v) is 3.27. The predicted molar refractivity (Wildman–Crippen MR) is 69.0 cm³/mol. The van der Waals surface area contributed by atoms with Gasteiger partial charge in [-0.05, 0) is 43.0 Å². The molecule has 1 aromatic heterocycles. The van der Waals surface area contributed by atoms with E-state index >= 15 is 0 Å². The van der Waals surface area contributed by atoms with Crippen LogP contribution in [0.1, 0.15) is 23.2 Å². The maximum absolute atomic E-state index is 12.9. The molecule has 1 heterocycles. The summed E-state index contributed by atoms with van der Waals surface area (Å²) in [6, 6.07) is 5.98. The molecule has 19 heavy (non-hydrogen) atoms. The molecule has 1 aliphatic carbocycles. The number of aromatic amines is 1. The highest BCUT2D eigenvalue weighted by Gasteiger charge is 2.23. The van der Waals surface area contributed by atoms with Crippen molar-refractivity contribution in [1.29, 1.82) is 0 Å². The van der Waals surface area contributed by atoms with Gasteiger partial charge in [0.2, 0.25) is 0 Å². The molecule has 1 amide bonds. The van der Waals surface area contributed by atoms with Crippen LogP contribution in [-0.2, 0) is 0 Å². The van der Waals surface area contributed by atoms with Crippen molar-refractivity contribution in [2.24, 2.45) is 5.92 Å². The summed E-state index contributed by atoms with van der Waals surface area (Å²) in [5, 5.41) is 9.59. The summed E-state index contributed by atoms with van der Waals surface area (Å²) in [4.78, 5) is 12.1. The van der Waals surface area contributed by atoms with Gasteiger partial charge in [0.05, 0.1) is 17.5 Å². The second-order valence-electron chi connectivity index (χ2n) is 4.82. The first-order valence-corrected chi connectivity index (χ1v) is 6.31. The van der Waals surface area contributed by atoms with E-state index in [9.17, 15) is 9.18 Å². The Hall–Kier alpha value is -2.17. The number of amides is 1. The number of benzene rings is 1. The Kier molecular flexibility index (Phi) is 3.03. The number of carbonyl (C=O) groups excluding carboxylic acids is 1. The fourth-order valence-electron chi connectivity index (χ4n) is 1.95. The van der Waals surface area contributed by atoms with Gasteiger partial charge in [-0.1, -0.05) is 0 Å². The number of rotatable bonds is 4. The molecule has 98 valence electrons. The summed E-state index contributed by atoms with van der Waals surface area (Å²) in [5.41, 5.74) is 1.86. The van der Waals surface area contributed by atoms with Crippen LogP contribution in [0.4, 0.5) is 4.39 Å². The molecular formula is C14H14FN3O. The molecule has 3 rings (SSSR count). The average molecular weight is 259 g/mol. The number of hydrogen-bond acceptors (Lipinski definition) is 2. The standard InChI is InChI=1S/C14H14FN3O/c15-11-5-3-10(4-6-11)13-12(8-17-18-13)14(19)16-7-9-1-2-9/h3-6,8-9H,1-2,7H2,(H,16,19)(H,17,18). The largest absolute Gasteiger partial charge is 0.352 e. The van der Waals surface area contributed by atoms with Gasteiger partial charge in [0.25, 0.3) is 5.91 Å². The van der Waals surface area contributed by atoms with Crippen LogP contribution < -0.4 is 5.32 Å². The quantitative estimate of drug-likeness (QED) is 0.885. The minimum atomic E-state index is -0.303. The number of H-pyrrole nitrogens is 1. The summed E-state index contributed by atoms with van der Waals surface area (Å²) in [6.07, 6.45) is 3.88. The highest BCUT2D eigenvalue weighted by Crippen LogP contribution is 2.28. The lowest BCUT2D eigenvalue weighted by Gasteiger charge is -2.05. The van der Waals surface area contributed by atoms with Crippen molar-refractivity contribution in [1.82, 2.24) is 15.5 Å². The first-order valence-electron chi connectivity index (χ1n) is 6.31. The van der Waals surface area contributed by atoms with E-state index in [1.54, 1.807) is 12.1 Å². The van der Waals surface area contributed by atoms with Crippen LogP contribution >= 0.6 is 0 Å². The highest BCUT2D eigenvalue weighted by molar-refractivity contribution is 5.99. The molecule has 0 saturated heterocycles. The molecule has 5 heteroatoms. The summed E-state index contributed by atoms with van der Waals surface area (Å²) in [6.45, 7) is 0.715. The van der Waals surface area contributed by atoms with E-state index in [-0.39, 0.29) is 11.7 Å². The van der Waals surface area contributed by atoms with E-state index in [1.807, 2.05) is 0 Å². The maximum atomic E-state index is 12.9. The first kappa shape index (κ1) is 11.9. The molecule has 1 aromatic carbocycles. The predicted octanol–water partition coefficient (Wildman–Crippen LogP) is 2.36. The smallest absolute Gasteiger partial charge is 0.255 e. The zero-order valence-corrected chi connectivity index (χ0v) is 10.3. The van der Waals surface area contributed by atoms with Gasteiger partial charge >= 0.3 is 0 Å². The Balaban J connectivity index is 1.80. The molecule has 0 radical (unpaired) electrons. The van der Waals surface area contributed by atoms with Crippen LogP contribution in [0.5, 0.6) is 0 Å². The molecule has 1 fully saturated rings. The van der Waals surface area contributed by atoms with Gasteiger partial charge in [-0.3, -0.25) is 9.89 Å². The van der Waals surface area contributed by atoms with Crippen LogP contribution in [-0.4, -0.2) is 22.6 Å². The lowest BCUT2D eigenvalue weighted by molar-refractivity contribution is 0.0952. The van der Waals surface area contributed by atoms with Gasteiger partial charge in [0, 0.05) is 12.1 Å². The number of nitrogens with zero attached hydrogens (tertiary/aromatic N) is 1. The van der Waals surface area contributed by atoms with Gasteiger partial charge < -0.3 is 5.32 Å². The Labute approximate surface area is 110 Å². The van der Waals surface area contributed by atoms with E-state index in [0.717, 1.165) is 5.56 Å². The van der Waals surface area contributed by atoms with Crippen LogP contribution in [0.25, 0.3) is 11.3 Å². The van der Waals surface area contributed by atoms with Crippen molar-refractivity contribution in [3.63, 3.8) is 0 Å². The van der Waals surface area contributed by atoms with E-state index < -0.39 is 0 Å². The fraction of sp³-hybridized carbons (Fsp3) is 0.286. The third kappa shape index (κ3) is 2.65. The highest BCUT2D eigenvalue weighted by atomic mass is 19.1. The van der Waals surface area contributed by atoms with E-state index in [2.05, 4.69) is 15.5 Å². The lowest BCUT2D eigenvalue weighted by Crippen LogP contribution is -2.25. The number of hydrogen-bond donors (Lipinski definition) is 2. The number of nitrogens with one attached hydrogen (secondary N) is 2. The number of carbonyl (C=O) groups is 1. The maximum Gasteiger partial charge on any atom is 0.255 e. The normalized spacial score (nSPS) is 14.4.